The van der Waals surface area contributed by atoms with Crippen molar-refractivity contribution in [2.24, 2.45) is 0 Å². The third-order valence-corrected chi connectivity index (χ3v) is 3.94. The van der Waals surface area contributed by atoms with E-state index >= 15 is 0 Å². The standard InChI is InChI=1S/C14H18N2S/c1-10-5-3-4-6-12(10)11(2)16-9-14-13(15)7-8-17-14/h3-8,11,16H,9,15H2,1-2H3. The third-order valence-electron chi connectivity index (χ3n) is 3.00. The molecule has 3 N–H and O–H groups in total. The molecule has 0 bridgehead atoms. The smallest absolute Gasteiger partial charge is 0.0468 e. The van der Waals surface area contributed by atoms with Crippen LogP contribution in [0.25, 0.3) is 0 Å². The topological polar surface area (TPSA) is 38.0 Å². The van der Waals surface area contributed by atoms with Crippen molar-refractivity contribution < 1.29 is 0 Å². The Morgan fingerprint density at radius 1 is 1.29 bits per heavy atom. The van der Waals surface area contributed by atoms with Crippen LogP contribution in [-0.4, -0.2) is 0 Å². The Hall–Kier alpha value is -1.32. The molecule has 1 aromatic heterocycles. The van der Waals surface area contributed by atoms with E-state index in [2.05, 4.69) is 43.4 Å². The molecule has 1 aromatic carbocycles. The summed E-state index contributed by atoms with van der Waals surface area (Å²) in [5.74, 6) is 0. The SMILES string of the molecule is Cc1ccccc1C(C)NCc1sccc1N. The van der Waals surface area contributed by atoms with Crippen LogP contribution in [0.2, 0.25) is 0 Å². The monoisotopic (exact) mass is 246 g/mol. The Morgan fingerprint density at radius 3 is 2.71 bits per heavy atom. The fraction of sp³-hybridized carbons (Fsp3) is 0.286. The lowest BCUT2D eigenvalue weighted by atomic mass is 10.0. The van der Waals surface area contributed by atoms with E-state index in [4.69, 9.17) is 5.73 Å². The average molecular weight is 246 g/mol. The highest BCUT2D eigenvalue weighted by atomic mass is 32.1. The molecule has 0 saturated heterocycles. The van der Waals surface area contributed by atoms with Crippen molar-refractivity contribution in [2.45, 2.75) is 26.4 Å². The molecular formula is C14H18N2S. The summed E-state index contributed by atoms with van der Waals surface area (Å²) in [5, 5.41) is 5.55. The van der Waals surface area contributed by atoms with Crippen LogP contribution in [0.3, 0.4) is 0 Å². The van der Waals surface area contributed by atoms with E-state index in [0.717, 1.165) is 12.2 Å². The fourth-order valence-electron chi connectivity index (χ4n) is 1.92. The summed E-state index contributed by atoms with van der Waals surface area (Å²) in [5.41, 5.74) is 9.43. The summed E-state index contributed by atoms with van der Waals surface area (Å²) >= 11 is 1.70. The lowest BCUT2D eigenvalue weighted by Gasteiger charge is -2.16. The predicted molar refractivity (Wildman–Crippen MR) is 75.2 cm³/mol. The highest BCUT2D eigenvalue weighted by Gasteiger charge is 2.08. The number of nitrogen functional groups attached to an aromatic ring is 1. The van der Waals surface area contributed by atoms with Crippen molar-refractivity contribution >= 4 is 17.0 Å². The van der Waals surface area contributed by atoms with Crippen molar-refractivity contribution in [3.05, 3.63) is 51.7 Å². The first-order valence-electron chi connectivity index (χ1n) is 5.79. The molecule has 0 amide bonds. The molecule has 17 heavy (non-hydrogen) atoms. The lowest BCUT2D eigenvalue weighted by molar-refractivity contribution is 0.577. The normalized spacial score (nSPS) is 12.6. The van der Waals surface area contributed by atoms with E-state index in [1.165, 1.54) is 16.0 Å². The van der Waals surface area contributed by atoms with Gasteiger partial charge in [-0.05, 0) is 36.4 Å². The van der Waals surface area contributed by atoms with Crippen molar-refractivity contribution in [1.29, 1.82) is 0 Å². The Kier molecular flexibility index (Phi) is 3.82. The van der Waals surface area contributed by atoms with Crippen LogP contribution in [0.5, 0.6) is 0 Å². The first-order chi connectivity index (χ1) is 8.18. The van der Waals surface area contributed by atoms with Crippen LogP contribution < -0.4 is 11.1 Å². The lowest BCUT2D eigenvalue weighted by Crippen LogP contribution is -2.18. The van der Waals surface area contributed by atoms with Crippen LogP contribution >= 0.6 is 11.3 Å². The molecule has 90 valence electrons. The van der Waals surface area contributed by atoms with E-state index in [-0.39, 0.29) is 0 Å². The molecular weight excluding hydrogens is 228 g/mol. The minimum absolute atomic E-state index is 0.345. The molecule has 3 heteroatoms. The second-order valence-corrected chi connectivity index (χ2v) is 5.26. The molecule has 0 fully saturated rings. The number of nitrogens with one attached hydrogen (secondary N) is 1. The van der Waals surface area contributed by atoms with Crippen LogP contribution in [-0.2, 0) is 6.54 Å². The zero-order chi connectivity index (χ0) is 12.3. The molecule has 1 atom stereocenters. The number of anilines is 1. The van der Waals surface area contributed by atoms with Gasteiger partial charge in [0.05, 0.1) is 0 Å². The maximum Gasteiger partial charge on any atom is 0.0468 e. The number of rotatable bonds is 4. The zero-order valence-corrected chi connectivity index (χ0v) is 11.1. The fourth-order valence-corrected chi connectivity index (χ4v) is 2.67. The van der Waals surface area contributed by atoms with E-state index < -0.39 is 0 Å². The molecule has 0 spiro atoms. The van der Waals surface area contributed by atoms with E-state index in [0.29, 0.717) is 6.04 Å². The van der Waals surface area contributed by atoms with Gasteiger partial charge >= 0.3 is 0 Å². The maximum absolute atomic E-state index is 5.87. The van der Waals surface area contributed by atoms with Gasteiger partial charge in [-0.25, -0.2) is 0 Å². The van der Waals surface area contributed by atoms with Crippen molar-refractivity contribution in [3.8, 4) is 0 Å². The Balaban J connectivity index is 2.01. The van der Waals surface area contributed by atoms with Gasteiger partial charge in [0.15, 0.2) is 0 Å². The first-order valence-corrected chi connectivity index (χ1v) is 6.67. The van der Waals surface area contributed by atoms with Gasteiger partial charge in [-0.1, -0.05) is 24.3 Å². The van der Waals surface area contributed by atoms with E-state index in [1.807, 2.05) is 11.4 Å². The first kappa shape index (κ1) is 12.1. The number of thiophene rings is 1. The van der Waals surface area contributed by atoms with Gasteiger partial charge in [-0.15, -0.1) is 11.3 Å². The highest BCUT2D eigenvalue weighted by Crippen LogP contribution is 2.21. The third kappa shape index (κ3) is 2.87. The van der Waals surface area contributed by atoms with Gasteiger partial charge < -0.3 is 11.1 Å². The summed E-state index contributed by atoms with van der Waals surface area (Å²) < 4.78 is 0. The molecule has 0 aliphatic rings. The molecule has 2 aromatic rings. The second kappa shape index (κ2) is 5.34. The maximum atomic E-state index is 5.87. The van der Waals surface area contributed by atoms with Gasteiger partial charge in [-0.2, -0.15) is 0 Å². The highest BCUT2D eigenvalue weighted by molar-refractivity contribution is 7.10. The number of benzene rings is 1. The van der Waals surface area contributed by atoms with E-state index in [9.17, 15) is 0 Å². The summed E-state index contributed by atoms with van der Waals surface area (Å²) in [7, 11) is 0. The minimum Gasteiger partial charge on any atom is -0.398 e. The van der Waals surface area contributed by atoms with Crippen LogP contribution in [0, 0.1) is 6.92 Å². The largest absolute Gasteiger partial charge is 0.398 e. The van der Waals surface area contributed by atoms with Crippen molar-refractivity contribution in [1.82, 2.24) is 5.32 Å². The summed E-state index contributed by atoms with van der Waals surface area (Å²) in [6.45, 7) is 5.16. The average Bonchev–Trinajstić information content (AvgIpc) is 2.72. The summed E-state index contributed by atoms with van der Waals surface area (Å²) in [4.78, 5) is 1.21. The Bertz CT molecular complexity index is 490. The predicted octanol–water partition coefficient (Wildman–Crippen LogP) is 3.49. The number of hydrogen-bond donors (Lipinski definition) is 2. The molecule has 2 rings (SSSR count). The molecule has 0 aliphatic carbocycles. The van der Waals surface area contributed by atoms with Crippen molar-refractivity contribution in [2.75, 3.05) is 5.73 Å². The quantitative estimate of drug-likeness (QED) is 0.866. The van der Waals surface area contributed by atoms with Crippen LogP contribution in [0.15, 0.2) is 35.7 Å². The summed E-state index contributed by atoms with van der Waals surface area (Å²) in [6, 6.07) is 10.8. The second-order valence-electron chi connectivity index (χ2n) is 4.26. The number of aryl methyl sites for hydroxylation is 1. The molecule has 0 radical (unpaired) electrons. The Morgan fingerprint density at radius 2 is 2.06 bits per heavy atom. The number of hydrogen-bond acceptors (Lipinski definition) is 3. The molecule has 1 unspecified atom stereocenters. The summed E-state index contributed by atoms with van der Waals surface area (Å²) in [6.07, 6.45) is 0. The Labute approximate surface area is 106 Å². The van der Waals surface area contributed by atoms with Gasteiger partial charge in [0.25, 0.3) is 0 Å². The minimum atomic E-state index is 0.345. The van der Waals surface area contributed by atoms with Gasteiger partial charge in [-0.3, -0.25) is 0 Å². The van der Waals surface area contributed by atoms with Gasteiger partial charge in [0, 0.05) is 23.2 Å². The van der Waals surface area contributed by atoms with Gasteiger partial charge in [0.2, 0.25) is 0 Å². The molecule has 2 nitrogen and oxygen atoms in total. The number of nitrogens with two attached hydrogens (primary N) is 1. The molecule has 1 heterocycles. The molecule has 0 aliphatic heterocycles. The van der Waals surface area contributed by atoms with E-state index in [1.54, 1.807) is 11.3 Å². The van der Waals surface area contributed by atoms with Crippen LogP contribution in [0.1, 0.15) is 29.0 Å². The molecule has 0 saturated carbocycles. The zero-order valence-electron chi connectivity index (χ0n) is 10.2. The van der Waals surface area contributed by atoms with Crippen LogP contribution in [0.4, 0.5) is 5.69 Å². The van der Waals surface area contributed by atoms with Crippen molar-refractivity contribution in [3.63, 3.8) is 0 Å². The van der Waals surface area contributed by atoms with Gasteiger partial charge in [0.1, 0.15) is 0 Å².